The Morgan fingerprint density at radius 1 is 0.846 bits per heavy atom. The molecule has 0 bridgehead atoms. The first-order valence-electron chi connectivity index (χ1n) is 9.01. The van der Waals surface area contributed by atoms with E-state index in [1.165, 1.54) is 21.9 Å². The van der Waals surface area contributed by atoms with E-state index in [4.69, 9.17) is 4.74 Å². The van der Waals surface area contributed by atoms with Gasteiger partial charge in [-0.1, -0.05) is 42.5 Å². The molecular formula is C23H24N2O. The van der Waals surface area contributed by atoms with E-state index in [1.54, 1.807) is 0 Å². The van der Waals surface area contributed by atoms with Gasteiger partial charge in [-0.15, -0.1) is 0 Å². The predicted octanol–water partition coefficient (Wildman–Crippen LogP) is 5.24. The van der Waals surface area contributed by atoms with Gasteiger partial charge in [-0.25, -0.2) is 0 Å². The molecule has 0 unspecified atom stereocenters. The van der Waals surface area contributed by atoms with E-state index < -0.39 is 0 Å². The number of rotatable bonds is 5. The molecule has 0 aliphatic heterocycles. The van der Waals surface area contributed by atoms with Crippen molar-refractivity contribution >= 4 is 21.8 Å². The molecule has 1 N–H and O–H groups in total. The fourth-order valence-electron chi connectivity index (χ4n) is 3.42. The van der Waals surface area contributed by atoms with Crippen LogP contribution in [0.4, 0.5) is 0 Å². The van der Waals surface area contributed by atoms with E-state index in [0.29, 0.717) is 6.61 Å². The third-order valence-electron chi connectivity index (χ3n) is 4.84. The number of para-hydroxylation sites is 1. The summed E-state index contributed by atoms with van der Waals surface area (Å²) in [5.74, 6) is 0.943. The SMILES string of the molecule is Cc1ccccc1-c1cc2[nH]c3ccccc3c2cc1OCCN(C)C. The molecule has 0 saturated heterocycles. The number of likely N-dealkylation sites (N-methyl/N-ethyl adjacent to an activating group) is 1. The van der Waals surface area contributed by atoms with Gasteiger partial charge >= 0.3 is 0 Å². The Balaban J connectivity index is 1.89. The molecule has 4 aromatic rings. The Morgan fingerprint density at radius 3 is 2.42 bits per heavy atom. The number of hydrogen-bond donors (Lipinski definition) is 1. The normalized spacial score (nSPS) is 11.5. The van der Waals surface area contributed by atoms with Crippen LogP contribution in [0.3, 0.4) is 0 Å². The summed E-state index contributed by atoms with van der Waals surface area (Å²) in [6.07, 6.45) is 0. The summed E-state index contributed by atoms with van der Waals surface area (Å²) in [4.78, 5) is 5.68. The molecule has 26 heavy (non-hydrogen) atoms. The highest BCUT2D eigenvalue weighted by molar-refractivity contribution is 6.09. The minimum atomic E-state index is 0.666. The smallest absolute Gasteiger partial charge is 0.127 e. The van der Waals surface area contributed by atoms with Crippen LogP contribution in [0.15, 0.2) is 60.7 Å². The Bertz CT molecular complexity index is 1060. The highest BCUT2D eigenvalue weighted by atomic mass is 16.5. The van der Waals surface area contributed by atoms with Crippen molar-refractivity contribution in [2.24, 2.45) is 0 Å². The third kappa shape index (κ3) is 3.06. The lowest BCUT2D eigenvalue weighted by Crippen LogP contribution is -2.19. The molecule has 3 heteroatoms. The summed E-state index contributed by atoms with van der Waals surface area (Å²) < 4.78 is 6.23. The number of hydrogen-bond acceptors (Lipinski definition) is 2. The van der Waals surface area contributed by atoms with Crippen LogP contribution >= 0.6 is 0 Å². The van der Waals surface area contributed by atoms with Crippen molar-refractivity contribution in [2.75, 3.05) is 27.2 Å². The molecule has 0 aliphatic rings. The van der Waals surface area contributed by atoms with Gasteiger partial charge < -0.3 is 14.6 Å². The fraction of sp³-hybridized carbons (Fsp3) is 0.217. The maximum atomic E-state index is 6.23. The average Bonchev–Trinajstić information content (AvgIpc) is 2.99. The number of H-pyrrole nitrogens is 1. The molecule has 132 valence electrons. The monoisotopic (exact) mass is 344 g/mol. The van der Waals surface area contributed by atoms with Crippen LogP contribution in [0, 0.1) is 6.92 Å². The summed E-state index contributed by atoms with van der Waals surface area (Å²) in [7, 11) is 4.13. The number of benzene rings is 3. The van der Waals surface area contributed by atoms with Crippen LogP contribution < -0.4 is 4.74 Å². The second kappa shape index (κ2) is 6.85. The predicted molar refractivity (Wildman–Crippen MR) is 110 cm³/mol. The molecule has 4 rings (SSSR count). The average molecular weight is 344 g/mol. The largest absolute Gasteiger partial charge is 0.492 e. The quantitative estimate of drug-likeness (QED) is 0.536. The van der Waals surface area contributed by atoms with Gasteiger partial charge in [0.2, 0.25) is 0 Å². The Hall–Kier alpha value is -2.78. The van der Waals surface area contributed by atoms with Crippen LogP contribution in [0.25, 0.3) is 32.9 Å². The number of aromatic amines is 1. The van der Waals surface area contributed by atoms with Gasteiger partial charge in [0.1, 0.15) is 12.4 Å². The summed E-state index contributed by atoms with van der Waals surface area (Å²) in [6, 6.07) is 21.3. The van der Waals surface area contributed by atoms with Crippen LogP contribution in [-0.4, -0.2) is 37.1 Å². The van der Waals surface area contributed by atoms with Crippen LogP contribution in [-0.2, 0) is 0 Å². The third-order valence-corrected chi connectivity index (χ3v) is 4.84. The highest BCUT2D eigenvalue weighted by Gasteiger charge is 2.14. The van der Waals surface area contributed by atoms with Crippen molar-refractivity contribution in [1.82, 2.24) is 9.88 Å². The van der Waals surface area contributed by atoms with Gasteiger partial charge in [0, 0.05) is 33.9 Å². The molecule has 0 amide bonds. The lowest BCUT2D eigenvalue weighted by Gasteiger charge is -2.16. The fourth-order valence-corrected chi connectivity index (χ4v) is 3.42. The standard InChI is InChI=1S/C23H24N2O/c1-16-8-4-5-9-17(16)20-14-22-19(15-23(20)26-13-12-25(2)3)18-10-6-7-11-21(18)24-22/h4-11,14-15,24H,12-13H2,1-3H3. The molecule has 0 aliphatic carbocycles. The van der Waals surface area contributed by atoms with Crippen molar-refractivity contribution in [3.63, 3.8) is 0 Å². The van der Waals surface area contributed by atoms with Crippen LogP contribution in [0.5, 0.6) is 5.75 Å². The number of aryl methyl sites for hydroxylation is 1. The summed E-state index contributed by atoms with van der Waals surface area (Å²) in [6.45, 7) is 3.70. The highest BCUT2D eigenvalue weighted by Crippen LogP contribution is 2.38. The zero-order chi connectivity index (χ0) is 18.1. The van der Waals surface area contributed by atoms with Gasteiger partial charge in [-0.2, -0.15) is 0 Å². The first-order valence-corrected chi connectivity index (χ1v) is 9.01. The lowest BCUT2D eigenvalue weighted by molar-refractivity contribution is 0.262. The zero-order valence-corrected chi connectivity index (χ0v) is 15.5. The van der Waals surface area contributed by atoms with Crippen molar-refractivity contribution in [1.29, 1.82) is 0 Å². The zero-order valence-electron chi connectivity index (χ0n) is 15.5. The number of fused-ring (bicyclic) bond motifs is 3. The molecule has 1 aromatic heterocycles. The molecule has 0 saturated carbocycles. The topological polar surface area (TPSA) is 28.3 Å². The maximum absolute atomic E-state index is 6.23. The van der Waals surface area contributed by atoms with Gasteiger partial charge in [0.25, 0.3) is 0 Å². The minimum Gasteiger partial charge on any atom is -0.492 e. The molecule has 1 heterocycles. The van der Waals surface area contributed by atoms with Gasteiger partial charge in [-0.05, 0) is 50.3 Å². The second-order valence-electron chi connectivity index (χ2n) is 7.03. The van der Waals surface area contributed by atoms with Crippen molar-refractivity contribution in [3.8, 4) is 16.9 Å². The van der Waals surface area contributed by atoms with Crippen LogP contribution in [0.1, 0.15) is 5.56 Å². The van der Waals surface area contributed by atoms with E-state index in [1.807, 2.05) is 0 Å². The molecule has 0 radical (unpaired) electrons. The van der Waals surface area contributed by atoms with E-state index in [2.05, 4.69) is 91.6 Å². The minimum absolute atomic E-state index is 0.666. The number of ether oxygens (including phenoxy) is 1. The molecule has 3 nitrogen and oxygen atoms in total. The van der Waals surface area contributed by atoms with Gasteiger partial charge in [0.15, 0.2) is 0 Å². The number of nitrogens with zero attached hydrogens (tertiary/aromatic N) is 1. The van der Waals surface area contributed by atoms with Crippen molar-refractivity contribution in [3.05, 3.63) is 66.2 Å². The molecule has 0 spiro atoms. The van der Waals surface area contributed by atoms with E-state index in [9.17, 15) is 0 Å². The van der Waals surface area contributed by atoms with Gasteiger partial charge in [0.05, 0.1) is 0 Å². The Morgan fingerprint density at radius 2 is 1.62 bits per heavy atom. The van der Waals surface area contributed by atoms with Crippen LogP contribution in [0.2, 0.25) is 0 Å². The Kier molecular flexibility index (Phi) is 4.39. The van der Waals surface area contributed by atoms with Crippen molar-refractivity contribution < 1.29 is 4.74 Å². The number of nitrogens with one attached hydrogen (secondary N) is 1. The summed E-state index contributed by atoms with van der Waals surface area (Å²) in [5, 5.41) is 2.44. The molecule has 3 aromatic carbocycles. The summed E-state index contributed by atoms with van der Waals surface area (Å²) in [5.41, 5.74) is 5.90. The summed E-state index contributed by atoms with van der Waals surface area (Å²) >= 11 is 0. The van der Waals surface area contributed by atoms with E-state index >= 15 is 0 Å². The Labute approximate surface area is 154 Å². The first kappa shape index (κ1) is 16.7. The first-order chi connectivity index (χ1) is 12.6. The van der Waals surface area contributed by atoms with E-state index in [0.717, 1.165) is 28.9 Å². The molecule has 0 fully saturated rings. The second-order valence-corrected chi connectivity index (χ2v) is 7.03. The lowest BCUT2D eigenvalue weighted by atomic mass is 9.98. The van der Waals surface area contributed by atoms with Gasteiger partial charge in [-0.3, -0.25) is 0 Å². The van der Waals surface area contributed by atoms with Crippen molar-refractivity contribution in [2.45, 2.75) is 6.92 Å². The molecule has 0 atom stereocenters. The molecular weight excluding hydrogens is 320 g/mol. The number of aromatic nitrogens is 1. The van der Waals surface area contributed by atoms with E-state index in [-0.39, 0.29) is 0 Å². The maximum Gasteiger partial charge on any atom is 0.127 e.